The van der Waals surface area contributed by atoms with Crippen LogP contribution in [0.25, 0.3) is 17.2 Å². The molecule has 1 heteroatoms. The van der Waals surface area contributed by atoms with Gasteiger partial charge in [-0.2, -0.15) is 0 Å². The number of rotatable bonds is 10. The Hall–Kier alpha value is -3.19. The summed E-state index contributed by atoms with van der Waals surface area (Å²) in [6, 6.07) is 25.8. The molecule has 1 nitrogen and oxygen atoms in total. The van der Waals surface area contributed by atoms with Gasteiger partial charge in [-0.3, -0.25) is 4.98 Å². The first-order valence-electron chi connectivity index (χ1n) is 12.2. The predicted molar refractivity (Wildman–Crippen MR) is 145 cm³/mol. The molecule has 1 aromatic heterocycles. The second-order valence-electron chi connectivity index (χ2n) is 8.88. The number of aryl methyl sites for hydroxylation is 2. The highest BCUT2D eigenvalue weighted by Crippen LogP contribution is 2.32. The summed E-state index contributed by atoms with van der Waals surface area (Å²) in [4.78, 5) is 4.74. The summed E-state index contributed by atoms with van der Waals surface area (Å²) in [6.45, 7) is 13.2. The standard InChI is InChI=1S/C32H37N/c1-6-24(3)21-31(26(5)32-18-11-13-25(4)33-32)30-17-12-16-29(23-30)22-27(7-2)19-20-28-14-9-8-10-15-28/h8-18,21-24H,5-7,19-20H2,1-4H3/b27-22?,31-21+. The van der Waals surface area contributed by atoms with Crippen molar-refractivity contribution in [3.63, 3.8) is 0 Å². The van der Waals surface area contributed by atoms with Gasteiger partial charge in [-0.25, -0.2) is 0 Å². The van der Waals surface area contributed by atoms with E-state index < -0.39 is 0 Å². The van der Waals surface area contributed by atoms with Crippen molar-refractivity contribution in [3.05, 3.63) is 119 Å². The van der Waals surface area contributed by atoms with E-state index in [1.165, 1.54) is 27.8 Å². The lowest BCUT2D eigenvalue weighted by molar-refractivity contribution is 0.700. The maximum atomic E-state index is 4.74. The molecule has 170 valence electrons. The van der Waals surface area contributed by atoms with Crippen LogP contribution in [-0.4, -0.2) is 4.98 Å². The zero-order valence-electron chi connectivity index (χ0n) is 20.6. The van der Waals surface area contributed by atoms with Crippen LogP contribution in [0.5, 0.6) is 0 Å². The maximum Gasteiger partial charge on any atom is 0.0705 e. The Kier molecular flexibility index (Phi) is 9.01. The van der Waals surface area contributed by atoms with Crippen LogP contribution in [-0.2, 0) is 6.42 Å². The molecule has 0 fully saturated rings. The minimum absolute atomic E-state index is 0.470. The third-order valence-corrected chi connectivity index (χ3v) is 6.22. The number of nitrogens with zero attached hydrogens (tertiary/aromatic N) is 1. The number of benzene rings is 2. The zero-order valence-corrected chi connectivity index (χ0v) is 20.6. The lowest BCUT2D eigenvalue weighted by Crippen LogP contribution is -1.97. The third kappa shape index (κ3) is 7.15. The Labute approximate surface area is 200 Å². The molecule has 1 heterocycles. The van der Waals surface area contributed by atoms with Gasteiger partial charge in [0, 0.05) is 11.3 Å². The Balaban J connectivity index is 1.90. The van der Waals surface area contributed by atoms with Gasteiger partial charge in [0.15, 0.2) is 0 Å². The molecule has 0 aliphatic heterocycles. The highest BCUT2D eigenvalue weighted by atomic mass is 14.7. The van der Waals surface area contributed by atoms with Crippen LogP contribution in [0.3, 0.4) is 0 Å². The van der Waals surface area contributed by atoms with E-state index in [-0.39, 0.29) is 0 Å². The highest BCUT2D eigenvalue weighted by Gasteiger charge is 2.12. The Morgan fingerprint density at radius 2 is 1.73 bits per heavy atom. The summed E-state index contributed by atoms with van der Waals surface area (Å²) >= 11 is 0. The van der Waals surface area contributed by atoms with Gasteiger partial charge in [0.1, 0.15) is 0 Å². The predicted octanol–water partition coefficient (Wildman–Crippen LogP) is 8.96. The lowest BCUT2D eigenvalue weighted by Gasteiger charge is -2.15. The third-order valence-electron chi connectivity index (χ3n) is 6.22. The summed E-state index contributed by atoms with van der Waals surface area (Å²) in [6.07, 6.45) is 9.03. The molecule has 0 saturated carbocycles. The Morgan fingerprint density at radius 1 is 0.970 bits per heavy atom. The molecule has 0 N–H and O–H groups in total. The lowest BCUT2D eigenvalue weighted by atomic mass is 9.91. The number of allylic oxidation sites excluding steroid dienone is 4. The van der Waals surface area contributed by atoms with E-state index in [0.29, 0.717) is 5.92 Å². The first-order chi connectivity index (χ1) is 16.0. The van der Waals surface area contributed by atoms with Crippen LogP contribution < -0.4 is 0 Å². The molecule has 0 amide bonds. The fourth-order valence-corrected chi connectivity index (χ4v) is 3.95. The van der Waals surface area contributed by atoms with E-state index in [1.54, 1.807) is 0 Å². The van der Waals surface area contributed by atoms with Gasteiger partial charge in [-0.1, -0.05) is 106 Å². The molecule has 0 radical (unpaired) electrons. The van der Waals surface area contributed by atoms with Crippen molar-refractivity contribution in [1.29, 1.82) is 0 Å². The van der Waals surface area contributed by atoms with Crippen molar-refractivity contribution in [3.8, 4) is 0 Å². The molecule has 1 unspecified atom stereocenters. The molecule has 3 rings (SSSR count). The molecular formula is C32H37N. The molecule has 0 saturated heterocycles. The van der Waals surface area contributed by atoms with Gasteiger partial charge in [-0.05, 0) is 72.6 Å². The van der Waals surface area contributed by atoms with Crippen molar-refractivity contribution in [1.82, 2.24) is 4.98 Å². The molecule has 0 bridgehead atoms. The fraction of sp³-hybridized carbons (Fsp3) is 0.281. The average molecular weight is 436 g/mol. The van der Waals surface area contributed by atoms with Crippen LogP contribution >= 0.6 is 0 Å². The van der Waals surface area contributed by atoms with E-state index in [0.717, 1.165) is 42.6 Å². The summed E-state index contributed by atoms with van der Waals surface area (Å²) in [5.74, 6) is 0.470. The molecule has 1 atom stereocenters. The van der Waals surface area contributed by atoms with Gasteiger partial charge >= 0.3 is 0 Å². The largest absolute Gasteiger partial charge is 0.253 e. The number of pyridine rings is 1. The van der Waals surface area contributed by atoms with Gasteiger partial charge in [0.2, 0.25) is 0 Å². The fourth-order valence-electron chi connectivity index (χ4n) is 3.95. The molecule has 2 aromatic carbocycles. The van der Waals surface area contributed by atoms with Crippen molar-refractivity contribution in [2.75, 3.05) is 0 Å². The van der Waals surface area contributed by atoms with Crippen molar-refractivity contribution >= 4 is 17.2 Å². The molecule has 33 heavy (non-hydrogen) atoms. The molecule has 0 spiro atoms. The topological polar surface area (TPSA) is 12.9 Å². The van der Waals surface area contributed by atoms with E-state index in [9.17, 15) is 0 Å². The summed E-state index contributed by atoms with van der Waals surface area (Å²) in [5, 5.41) is 0. The number of aromatic nitrogens is 1. The quantitative estimate of drug-likeness (QED) is 0.290. The van der Waals surface area contributed by atoms with Crippen LogP contribution in [0.15, 0.2) is 91.0 Å². The molecular weight excluding hydrogens is 398 g/mol. The monoisotopic (exact) mass is 435 g/mol. The average Bonchev–Trinajstić information content (AvgIpc) is 2.85. The second-order valence-corrected chi connectivity index (χ2v) is 8.88. The van der Waals surface area contributed by atoms with Gasteiger partial charge in [0.05, 0.1) is 5.69 Å². The normalized spacial score (nSPS) is 13.1. The number of hydrogen-bond acceptors (Lipinski definition) is 1. The van der Waals surface area contributed by atoms with E-state index >= 15 is 0 Å². The second kappa shape index (κ2) is 12.2. The van der Waals surface area contributed by atoms with E-state index in [4.69, 9.17) is 4.98 Å². The molecule has 3 aromatic rings. The van der Waals surface area contributed by atoms with E-state index in [1.807, 2.05) is 13.0 Å². The van der Waals surface area contributed by atoms with Gasteiger partial charge in [0.25, 0.3) is 0 Å². The van der Waals surface area contributed by atoms with Crippen molar-refractivity contribution in [2.24, 2.45) is 5.92 Å². The van der Waals surface area contributed by atoms with Crippen LogP contribution in [0, 0.1) is 12.8 Å². The maximum absolute atomic E-state index is 4.74. The Bertz CT molecular complexity index is 1120. The van der Waals surface area contributed by atoms with Gasteiger partial charge < -0.3 is 0 Å². The van der Waals surface area contributed by atoms with Crippen molar-refractivity contribution in [2.45, 2.75) is 53.4 Å². The summed E-state index contributed by atoms with van der Waals surface area (Å²) < 4.78 is 0. The summed E-state index contributed by atoms with van der Waals surface area (Å²) in [5.41, 5.74) is 9.45. The first-order valence-corrected chi connectivity index (χ1v) is 12.2. The minimum Gasteiger partial charge on any atom is -0.253 e. The minimum atomic E-state index is 0.470. The van der Waals surface area contributed by atoms with E-state index in [2.05, 4.69) is 106 Å². The molecule has 0 aliphatic carbocycles. The first kappa shape index (κ1) is 24.5. The van der Waals surface area contributed by atoms with Crippen LogP contribution in [0.4, 0.5) is 0 Å². The highest BCUT2D eigenvalue weighted by molar-refractivity contribution is 6.03. The Morgan fingerprint density at radius 3 is 2.42 bits per heavy atom. The SMILES string of the molecule is C=C(/C(=C\C(C)CC)c1cccc(C=C(CC)CCc2ccccc2)c1)c1cccc(C)n1. The number of hydrogen-bond donors (Lipinski definition) is 0. The zero-order chi connectivity index (χ0) is 23.6. The molecule has 0 aliphatic rings. The van der Waals surface area contributed by atoms with Crippen molar-refractivity contribution < 1.29 is 0 Å². The smallest absolute Gasteiger partial charge is 0.0705 e. The van der Waals surface area contributed by atoms with Gasteiger partial charge in [-0.15, -0.1) is 0 Å². The summed E-state index contributed by atoms with van der Waals surface area (Å²) in [7, 11) is 0. The van der Waals surface area contributed by atoms with Crippen LogP contribution in [0.2, 0.25) is 0 Å². The van der Waals surface area contributed by atoms with Crippen LogP contribution in [0.1, 0.15) is 68.1 Å².